The zero-order valence-corrected chi connectivity index (χ0v) is 60.9. The molecule has 0 amide bonds. The van der Waals surface area contributed by atoms with Crippen LogP contribution in [0, 0.1) is 0 Å². The van der Waals surface area contributed by atoms with E-state index in [0.717, 1.165) is 77.9 Å². The molecular formula is C70H80Cl4N4O4Zn2. The average Bonchev–Trinajstić information content (AvgIpc) is 3.58. The maximum absolute atomic E-state index is 12.3. The number of fused-ring (bicyclic) bond motifs is 2. The third-order valence-corrected chi connectivity index (χ3v) is 12.2. The number of nitrogens with zero attached hydrogens (tertiary/aromatic N) is 4. The van der Waals surface area contributed by atoms with Gasteiger partial charge in [0.2, 0.25) is 0 Å². The third kappa shape index (κ3) is 24.9. The zero-order chi connectivity index (χ0) is 61.6. The number of aliphatic imine (C=N–C) groups is 2. The molecule has 6 aromatic carbocycles. The number of para-hydroxylation sites is 4. The molecule has 0 unspecified atom stereocenters. The van der Waals surface area contributed by atoms with Crippen LogP contribution >= 0.6 is 46.4 Å². The van der Waals surface area contributed by atoms with Crippen molar-refractivity contribution >= 4 is 91.0 Å². The van der Waals surface area contributed by atoms with Crippen molar-refractivity contribution in [3.63, 3.8) is 0 Å². The van der Waals surface area contributed by atoms with Gasteiger partial charge in [-0.1, -0.05) is 265 Å². The molecule has 0 spiro atoms. The molecule has 0 N–H and O–H groups in total. The first kappa shape index (κ1) is 76.6. The van der Waals surface area contributed by atoms with E-state index in [1.165, 1.54) is 26.0 Å². The van der Waals surface area contributed by atoms with Crippen LogP contribution in [-0.4, -0.2) is 32.1 Å². The summed E-state index contributed by atoms with van der Waals surface area (Å²) in [5, 5.41) is 49.4. The molecule has 0 radical (unpaired) electrons. The Labute approximate surface area is 546 Å². The van der Waals surface area contributed by atoms with Gasteiger partial charge < -0.3 is 20.4 Å². The first-order valence-electron chi connectivity index (χ1n) is 26.9. The molecule has 14 heteroatoms. The van der Waals surface area contributed by atoms with Gasteiger partial charge in [0.15, 0.2) is 0 Å². The van der Waals surface area contributed by atoms with E-state index >= 15 is 0 Å². The molecule has 436 valence electrons. The first-order chi connectivity index (χ1) is 38.4. The monoisotopic (exact) mass is 1310 g/mol. The van der Waals surface area contributed by atoms with Crippen molar-refractivity contribution in [2.24, 2.45) is 9.98 Å². The van der Waals surface area contributed by atoms with Crippen LogP contribution in [-0.2, 0) is 60.6 Å². The number of allylic oxidation sites excluding steroid dienone is 4. The van der Waals surface area contributed by atoms with Crippen molar-refractivity contribution < 1.29 is 59.4 Å². The Hall–Kier alpha value is -5.43. The molecule has 8 nitrogen and oxygen atoms in total. The van der Waals surface area contributed by atoms with Crippen LogP contribution in [0.3, 0.4) is 0 Å². The second-order valence-corrected chi connectivity index (χ2v) is 25.0. The summed E-state index contributed by atoms with van der Waals surface area (Å²) in [5.41, 5.74) is 11.9. The van der Waals surface area contributed by atoms with Crippen molar-refractivity contribution in [3.8, 4) is 34.0 Å². The minimum absolute atomic E-state index is 0. The van der Waals surface area contributed by atoms with Crippen molar-refractivity contribution in [1.29, 1.82) is 0 Å². The van der Waals surface area contributed by atoms with Crippen molar-refractivity contribution in [2.45, 2.75) is 132 Å². The van der Waals surface area contributed by atoms with Crippen molar-refractivity contribution in [2.75, 3.05) is 10.7 Å². The van der Waals surface area contributed by atoms with E-state index in [2.05, 4.69) is 93.1 Å². The zero-order valence-electron chi connectivity index (χ0n) is 51.9. The van der Waals surface area contributed by atoms with Gasteiger partial charge in [-0.3, -0.25) is 9.98 Å². The number of rotatable bonds is 6. The first-order valence-corrected chi connectivity index (χ1v) is 29.1. The molecule has 0 atom stereocenters. The molecule has 0 aliphatic rings. The molecule has 8 aromatic rings. The fourth-order valence-electron chi connectivity index (χ4n) is 8.45. The van der Waals surface area contributed by atoms with Crippen molar-refractivity contribution in [3.05, 3.63) is 204 Å². The third-order valence-electron chi connectivity index (χ3n) is 12.2. The maximum atomic E-state index is 12.3. The largest absolute Gasteiger partial charge is 2.00 e. The van der Waals surface area contributed by atoms with Crippen LogP contribution in [0.1, 0.15) is 133 Å². The molecule has 0 aliphatic heterocycles. The van der Waals surface area contributed by atoms with Gasteiger partial charge >= 0.3 is 39.0 Å². The summed E-state index contributed by atoms with van der Waals surface area (Å²) in [6, 6.07) is 51.7. The van der Waals surface area contributed by atoms with Crippen LogP contribution in [0.25, 0.3) is 44.3 Å². The molecule has 0 saturated heterocycles. The molecule has 2 aromatic heterocycles. The molecular weight excluding hydrogens is 1230 g/mol. The van der Waals surface area contributed by atoms with Gasteiger partial charge in [-0.15, -0.1) is 69.4 Å². The van der Waals surface area contributed by atoms with Gasteiger partial charge in [0, 0.05) is 33.3 Å². The van der Waals surface area contributed by atoms with E-state index in [-0.39, 0.29) is 94.3 Å². The van der Waals surface area contributed by atoms with E-state index in [1.807, 2.05) is 172 Å². The summed E-state index contributed by atoms with van der Waals surface area (Å²) >= 11 is 19.1. The van der Waals surface area contributed by atoms with Gasteiger partial charge in [-0.05, 0) is 59.8 Å². The predicted octanol–water partition coefficient (Wildman–Crippen LogP) is 18.1. The Morgan fingerprint density at radius 2 is 0.655 bits per heavy atom. The summed E-state index contributed by atoms with van der Waals surface area (Å²) in [5.74, 6) is 0.392. The summed E-state index contributed by atoms with van der Waals surface area (Å²) in [6.07, 6.45) is 3.06. The maximum Gasteiger partial charge on any atom is 2.00 e. The summed E-state index contributed by atoms with van der Waals surface area (Å²) in [4.78, 5) is 18.6. The van der Waals surface area contributed by atoms with E-state index in [1.54, 1.807) is 0 Å². The van der Waals surface area contributed by atoms with Gasteiger partial charge in [0.05, 0.1) is 44.5 Å². The van der Waals surface area contributed by atoms with Crippen LogP contribution in [0.4, 0.5) is 11.4 Å². The Bertz CT molecular complexity index is 3130. The van der Waals surface area contributed by atoms with Gasteiger partial charge in [0.1, 0.15) is 0 Å². The van der Waals surface area contributed by atoms with Crippen LogP contribution < -0.4 is 20.4 Å². The molecule has 0 saturated carbocycles. The van der Waals surface area contributed by atoms with E-state index in [9.17, 15) is 20.4 Å². The van der Waals surface area contributed by atoms with Gasteiger partial charge in [0.25, 0.3) is 0 Å². The van der Waals surface area contributed by atoms with E-state index in [4.69, 9.17) is 56.4 Å². The second kappa shape index (κ2) is 35.9. The Morgan fingerprint density at radius 3 is 0.905 bits per heavy atom. The number of hydrogen-bond donors (Lipinski definition) is 0. The summed E-state index contributed by atoms with van der Waals surface area (Å²) in [7, 11) is 0. The van der Waals surface area contributed by atoms with E-state index in [0.29, 0.717) is 11.4 Å². The van der Waals surface area contributed by atoms with Gasteiger partial charge in [-0.25, -0.2) is 9.97 Å². The minimum atomic E-state index is -0.0711. The number of hydrogen-bond acceptors (Lipinski definition) is 8. The number of halogens is 4. The van der Waals surface area contributed by atoms with Gasteiger partial charge in [-0.2, -0.15) is 0 Å². The standard InChI is InChI=1S/2C20H18N2O.2C14H22O.2CH2Cl2.2Zn/c2*1-14(13-15(2)23)21-19-10-6-9-17-11-12-18(22-20(17)19)16-7-4-3-5-8-16;2*1-13(2,3)10-8-7-9-11(12(10)15)14(4,5)6;2*2-1-3;;/h2*3-13,23H,1-2H3;2*7-9,15H,1-6H3;2*1H2;;/q;;;;;;2*+2/p-4/b2*15-13-,21-14?;;;;;;. The fourth-order valence-corrected chi connectivity index (χ4v) is 8.45. The normalized spacial score (nSPS) is 12.0. The molecule has 0 fully saturated rings. The van der Waals surface area contributed by atoms with Crippen molar-refractivity contribution in [1.82, 2.24) is 9.97 Å². The molecule has 8 rings (SSSR count). The average molecular weight is 1310 g/mol. The minimum Gasteiger partial charge on any atom is -0.876 e. The molecule has 0 aliphatic carbocycles. The number of benzene rings is 6. The fraction of sp³-hybridized carbons (Fsp3) is 0.314. The molecule has 0 bridgehead atoms. The Morgan fingerprint density at radius 1 is 0.393 bits per heavy atom. The Kier molecular flexibility index (Phi) is 32.7. The number of alkyl halides is 4. The van der Waals surface area contributed by atoms with E-state index < -0.39 is 0 Å². The SMILES string of the molecule is CC(/C=C(/C)[O-])=Nc1cccc2ccc(-c3ccccc3)nc12.CC(/C=C(/C)[O-])=Nc1cccc2ccc(-c3ccccc3)nc12.CC(C)(C)c1cccc(C(C)(C)C)c1[O-].CC(C)(C)c1cccc(C(C)(C)C)c1[O-].ClCCl.ClCCl.[Zn+2].[Zn+2]. The Balaban J connectivity index is 0.000000548. The molecule has 2 heterocycles. The quantitative estimate of drug-likeness (QED) is 0.0702. The smallest absolute Gasteiger partial charge is 0.876 e. The topological polar surface area (TPSA) is 143 Å². The van der Waals surface area contributed by atoms with Crippen LogP contribution in [0.5, 0.6) is 11.5 Å². The number of pyridine rings is 2. The second-order valence-electron chi connectivity index (χ2n) is 23.4. The predicted molar refractivity (Wildman–Crippen MR) is 347 cm³/mol. The number of aromatic nitrogens is 2. The molecule has 84 heavy (non-hydrogen) atoms. The summed E-state index contributed by atoms with van der Waals surface area (Å²) in [6.45, 7) is 31.6. The van der Waals surface area contributed by atoms with Crippen LogP contribution in [0.2, 0.25) is 0 Å². The summed E-state index contributed by atoms with van der Waals surface area (Å²) < 4.78 is 0. The van der Waals surface area contributed by atoms with Crippen LogP contribution in [0.15, 0.2) is 191 Å².